The van der Waals surface area contributed by atoms with Crippen molar-refractivity contribution in [3.05, 3.63) is 62.7 Å². The molecule has 0 aliphatic heterocycles. The Kier molecular flexibility index (Phi) is 6.76. The molecule has 2 N–H and O–H groups in total. The molecule has 0 atom stereocenters. The smallest absolute Gasteiger partial charge is 0.267 e. The zero-order valence-corrected chi connectivity index (χ0v) is 16.1. The van der Waals surface area contributed by atoms with Crippen LogP contribution in [0.3, 0.4) is 0 Å². The third-order valence-corrected chi connectivity index (χ3v) is 4.37. The topological polar surface area (TPSA) is 74.1 Å². The summed E-state index contributed by atoms with van der Waals surface area (Å²) in [4.78, 5) is 12.3. The summed E-state index contributed by atoms with van der Waals surface area (Å²) < 4.78 is 5.24. The highest BCUT2D eigenvalue weighted by Gasteiger charge is 2.13. The molecule has 0 spiro atoms. The van der Waals surface area contributed by atoms with E-state index in [1.165, 1.54) is 19.4 Å². The molecule has 0 saturated carbocycles. The van der Waals surface area contributed by atoms with E-state index in [-0.39, 0.29) is 5.57 Å². The molecule has 0 aliphatic rings. The van der Waals surface area contributed by atoms with Crippen molar-refractivity contribution in [2.75, 3.05) is 17.7 Å². The van der Waals surface area contributed by atoms with Gasteiger partial charge in [-0.05, 0) is 36.8 Å². The Morgan fingerprint density at radius 3 is 2.54 bits per heavy atom. The number of rotatable bonds is 5. The van der Waals surface area contributed by atoms with Gasteiger partial charge in [-0.25, -0.2) is 0 Å². The van der Waals surface area contributed by atoms with Gasteiger partial charge < -0.3 is 15.4 Å². The fourth-order valence-electron chi connectivity index (χ4n) is 2.03. The molecule has 0 saturated heterocycles. The Morgan fingerprint density at radius 1 is 1.15 bits per heavy atom. The van der Waals surface area contributed by atoms with Gasteiger partial charge in [0.15, 0.2) is 0 Å². The first-order chi connectivity index (χ1) is 12.3. The number of hydrogen-bond donors (Lipinski definition) is 2. The summed E-state index contributed by atoms with van der Waals surface area (Å²) in [5, 5.41) is 16.0. The maximum absolute atomic E-state index is 12.3. The van der Waals surface area contributed by atoms with Gasteiger partial charge >= 0.3 is 0 Å². The summed E-state index contributed by atoms with van der Waals surface area (Å²) in [7, 11) is 1.49. The van der Waals surface area contributed by atoms with Crippen molar-refractivity contribution < 1.29 is 9.53 Å². The number of anilines is 2. The molecule has 0 fully saturated rings. The molecule has 134 valence electrons. The average Bonchev–Trinajstić information content (AvgIpc) is 2.61. The highest BCUT2D eigenvalue weighted by molar-refractivity contribution is 6.36. The lowest BCUT2D eigenvalue weighted by atomic mass is 10.2. The number of benzene rings is 2. The second kappa shape index (κ2) is 8.81. The van der Waals surface area contributed by atoms with Crippen LogP contribution in [0.2, 0.25) is 15.1 Å². The molecule has 2 aromatic rings. The van der Waals surface area contributed by atoms with E-state index >= 15 is 0 Å². The van der Waals surface area contributed by atoms with Crippen molar-refractivity contribution in [2.45, 2.75) is 6.92 Å². The molecule has 1 amide bonds. The van der Waals surface area contributed by atoms with Gasteiger partial charge in [-0.1, -0.05) is 34.8 Å². The van der Waals surface area contributed by atoms with Crippen molar-refractivity contribution in [1.82, 2.24) is 0 Å². The molecule has 0 aliphatic carbocycles. The third kappa shape index (κ3) is 4.83. The molecule has 0 bridgehead atoms. The second-order valence-corrected chi connectivity index (χ2v) is 6.44. The Morgan fingerprint density at radius 2 is 1.88 bits per heavy atom. The molecule has 0 heterocycles. The molecule has 0 unspecified atom stereocenters. The fourth-order valence-corrected chi connectivity index (χ4v) is 2.52. The first kappa shape index (κ1) is 19.9. The predicted molar refractivity (Wildman–Crippen MR) is 105 cm³/mol. The van der Waals surface area contributed by atoms with E-state index in [0.29, 0.717) is 32.2 Å². The number of amides is 1. The quantitative estimate of drug-likeness (QED) is 0.510. The van der Waals surface area contributed by atoms with Crippen LogP contribution in [0.15, 0.2) is 42.1 Å². The minimum atomic E-state index is -0.631. The maximum atomic E-state index is 12.3. The van der Waals surface area contributed by atoms with Gasteiger partial charge in [0.1, 0.15) is 17.4 Å². The Labute approximate surface area is 166 Å². The SMILES string of the molecule is COc1cc(Cl)c(C)cc1N/C=C(/C#N)C(=O)Nc1cc(Cl)ccc1Cl. The number of hydrogen-bond acceptors (Lipinski definition) is 4. The number of carbonyl (C=O) groups excluding carboxylic acids is 1. The molecule has 2 aromatic carbocycles. The number of halogens is 3. The number of methoxy groups -OCH3 is 1. The first-order valence-corrected chi connectivity index (χ1v) is 8.46. The largest absolute Gasteiger partial charge is 0.495 e. The van der Waals surface area contributed by atoms with Crippen molar-refractivity contribution in [1.29, 1.82) is 5.26 Å². The summed E-state index contributed by atoms with van der Waals surface area (Å²) in [6, 6.07) is 9.87. The summed E-state index contributed by atoms with van der Waals surface area (Å²) >= 11 is 18.0. The van der Waals surface area contributed by atoms with Crippen LogP contribution in [-0.4, -0.2) is 13.0 Å². The molecule has 8 heteroatoms. The molecule has 0 aromatic heterocycles. The summed E-state index contributed by atoms with van der Waals surface area (Å²) in [6.07, 6.45) is 1.28. The lowest BCUT2D eigenvalue weighted by Gasteiger charge is -2.11. The molecular weight excluding hydrogens is 397 g/mol. The van der Waals surface area contributed by atoms with E-state index in [9.17, 15) is 10.1 Å². The van der Waals surface area contributed by atoms with Gasteiger partial charge in [0.2, 0.25) is 0 Å². The van der Waals surface area contributed by atoms with Crippen LogP contribution in [0, 0.1) is 18.3 Å². The maximum Gasteiger partial charge on any atom is 0.267 e. The minimum Gasteiger partial charge on any atom is -0.495 e. The monoisotopic (exact) mass is 409 g/mol. The Bertz CT molecular complexity index is 921. The molecular formula is C18H14Cl3N3O2. The first-order valence-electron chi connectivity index (χ1n) is 7.33. The minimum absolute atomic E-state index is 0.157. The Hall–Kier alpha value is -2.39. The van der Waals surface area contributed by atoms with E-state index in [4.69, 9.17) is 39.5 Å². The number of nitrogens with one attached hydrogen (secondary N) is 2. The lowest BCUT2D eigenvalue weighted by Crippen LogP contribution is -2.15. The zero-order chi connectivity index (χ0) is 19.3. The van der Waals surface area contributed by atoms with Gasteiger partial charge in [0, 0.05) is 22.3 Å². The number of aryl methyl sites for hydroxylation is 1. The lowest BCUT2D eigenvalue weighted by molar-refractivity contribution is -0.112. The van der Waals surface area contributed by atoms with Crippen LogP contribution in [0.1, 0.15) is 5.56 Å². The second-order valence-electron chi connectivity index (χ2n) is 5.19. The van der Waals surface area contributed by atoms with Crippen molar-refractivity contribution >= 4 is 52.1 Å². The van der Waals surface area contributed by atoms with E-state index < -0.39 is 5.91 Å². The summed E-state index contributed by atoms with van der Waals surface area (Å²) in [5.74, 6) is -0.152. The van der Waals surface area contributed by atoms with Crippen LogP contribution >= 0.6 is 34.8 Å². The van der Waals surface area contributed by atoms with E-state index in [0.717, 1.165) is 5.56 Å². The van der Waals surface area contributed by atoms with Gasteiger partial charge in [-0.15, -0.1) is 0 Å². The van der Waals surface area contributed by atoms with Gasteiger partial charge in [0.25, 0.3) is 5.91 Å². The number of carbonyl (C=O) groups is 1. The standard InChI is InChI=1S/C18H14Cl3N3O2/c1-10-5-16(17(26-2)7-14(10)21)23-9-11(8-22)18(25)24-15-6-12(19)3-4-13(15)20/h3-7,9,23H,1-2H3,(H,24,25)/b11-9-. The average molecular weight is 411 g/mol. The highest BCUT2D eigenvalue weighted by atomic mass is 35.5. The van der Waals surface area contributed by atoms with Crippen LogP contribution in [0.25, 0.3) is 0 Å². The molecule has 26 heavy (non-hydrogen) atoms. The summed E-state index contributed by atoms with van der Waals surface area (Å²) in [5.41, 5.74) is 1.54. The Balaban J connectivity index is 2.23. The zero-order valence-electron chi connectivity index (χ0n) is 13.9. The van der Waals surface area contributed by atoms with Crippen LogP contribution in [-0.2, 0) is 4.79 Å². The fraction of sp³-hybridized carbons (Fsp3) is 0.111. The highest BCUT2D eigenvalue weighted by Crippen LogP contribution is 2.31. The van der Waals surface area contributed by atoms with Crippen molar-refractivity contribution in [2.24, 2.45) is 0 Å². The number of nitrogens with zero attached hydrogens (tertiary/aromatic N) is 1. The number of ether oxygens (including phenoxy) is 1. The van der Waals surface area contributed by atoms with E-state index in [2.05, 4.69) is 10.6 Å². The van der Waals surface area contributed by atoms with Crippen molar-refractivity contribution in [3.63, 3.8) is 0 Å². The molecule has 2 rings (SSSR count). The van der Waals surface area contributed by atoms with Crippen molar-refractivity contribution in [3.8, 4) is 11.8 Å². The van der Waals surface area contributed by atoms with E-state index in [1.807, 2.05) is 13.0 Å². The molecule has 0 radical (unpaired) electrons. The predicted octanol–water partition coefficient (Wildman–Crippen LogP) is 5.42. The van der Waals surface area contributed by atoms with Gasteiger partial charge in [-0.3, -0.25) is 4.79 Å². The van der Waals surface area contributed by atoms with Gasteiger partial charge in [0.05, 0.1) is 23.5 Å². The van der Waals surface area contributed by atoms with Crippen LogP contribution in [0.5, 0.6) is 5.75 Å². The third-order valence-electron chi connectivity index (χ3n) is 3.39. The van der Waals surface area contributed by atoms with Gasteiger partial charge in [-0.2, -0.15) is 5.26 Å². The van der Waals surface area contributed by atoms with Crippen LogP contribution in [0.4, 0.5) is 11.4 Å². The van der Waals surface area contributed by atoms with Crippen LogP contribution < -0.4 is 15.4 Å². The number of nitriles is 1. The summed E-state index contributed by atoms with van der Waals surface area (Å²) in [6.45, 7) is 1.83. The molecule has 5 nitrogen and oxygen atoms in total. The van der Waals surface area contributed by atoms with E-state index in [1.54, 1.807) is 24.3 Å². The normalized spacial score (nSPS) is 10.8.